The van der Waals surface area contributed by atoms with Gasteiger partial charge in [-0.15, -0.1) is 0 Å². The van der Waals surface area contributed by atoms with Crippen LogP contribution in [0.2, 0.25) is 19.6 Å². The molecule has 1 aromatic rings. The molecule has 0 aliphatic rings. The van der Waals surface area contributed by atoms with Crippen LogP contribution < -0.4 is 5.73 Å². The number of nitrogens with zero attached hydrogens (tertiary/aromatic N) is 1. The van der Waals surface area contributed by atoms with E-state index >= 15 is 0 Å². The number of hydrogen-bond donors (Lipinski definition) is 1. The van der Waals surface area contributed by atoms with Crippen molar-refractivity contribution < 1.29 is 9.22 Å². The second-order valence-corrected chi connectivity index (χ2v) is 8.37. The summed E-state index contributed by atoms with van der Waals surface area (Å²) in [5.74, 6) is -0.428. The van der Waals surface area contributed by atoms with E-state index < -0.39 is 14.3 Å². The van der Waals surface area contributed by atoms with Crippen molar-refractivity contribution in [2.45, 2.75) is 19.6 Å². The number of hydrogen-bond acceptors (Lipinski definition) is 4. The normalized spacial score (nSPS) is 11.1. The summed E-state index contributed by atoms with van der Waals surface area (Å²) in [7, 11) is -1.87. The molecule has 0 radical (unpaired) electrons. The van der Waals surface area contributed by atoms with Gasteiger partial charge in [0.05, 0.1) is 5.69 Å². The highest BCUT2D eigenvalue weighted by atomic mass is 28.4. The Hall–Kier alpha value is -1.36. The third kappa shape index (κ3) is 2.84. The first-order chi connectivity index (χ1) is 6.40. The molecule has 76 valence electrons. The summed E-state index contributed by atoms with van der Waals surface area (Å²) in [5.41, 5.74) is 6.15. The summed E-state index contributed by atoms with van der Waals surface area (Å²) in [6.45, 7) is 5.80. The van der Waals surface area contributed by atoms with Gasteiger partial charge in [-0.1, -0.05) is 0 Å². The predicted molar refractivity (Wildman–Crippen MR) is 57.4 cm³/mol. The van der Waals surface area contributed by atoms with Gasteiger partial charge >= 0.3 is 5.97 Å². The Bertz CT molecular complexity index is 347. The van der Waals surface area contributed by atoms with Crippen LogP contribution in [-0.4, -0.2) is 19.3 Å². The van der Waals surface area contributed by atoms with Crippen molar-refractivity contribution in [3.63, 3.8) is 0 Å². The Morgan fingerprint density at radius 3 is 2.64 bits per heavy atom. The van der Waals surface area contributed by atoms with Crippen LogP contribution in [0.25, 0.3) is 0 Å². The van der Waals surface area contributed by atoms with Crippen molar-refractivity contribution in [1.29, 1.82) is 0 Å². The molecule has 1 heterocycles. The zero-order chi connectivity index (χ0) is 10.8. The maximum Gasteiger partial charge on any atom is 0.345 e. The fraction of sp³-hybridized carbons (Fsp3) is 0.333. The van der Waals surface area contributed by atoms with Gasteiger partial charge < -0.3 is 10.2 Å². The molecule has 0 atom stereocenters. The van der Waals surface area contributed by atoms with Crippen molar-refractivity contribution in [3.05, 3.63) is 24.0 Å². The van der Waals surface area contributed by atoms with Crippen LogP contribution in [0.15, 0.2) is 18.3 Å². The van der Waals surface area contributed by atoms with E-state index in [1.54, 1.807) is 12.1 Å². The van der Waals surface area contributed by atoms with Crippen molar-refractivity contribution in [2.24, 2.45) is 0 Å². The summed E-state index contributed by atoms with van der Waals surface area (Å²) >= 11 is 0. The Morgan fingerprint density at radius 2 is 2.14 bits per heavy atom. The number of nitrogen functional groups attached to an aromatic ring is 1. The number of rotatable bonds is 2. The first kappa shape index (κ1) is 10.7. The van der Waals surface area contributed by atoms with Gasteiger partial charge in [0.2, 0.25) is 8.32 Å². The molecule has 0 aliphatic carbocycles. The molecule has 5 heteroatoms. The van der Waals surface area contributed by atoms with Gasteiger partial charge in [-0.25, -0.2) is 9.78 Å². The molecule has 2 N–H and O–H groups in total. The molecule has 1 rings (SSSR count). The van der Waals surface area contributed by atoms with Gasteiger partial charge in [-0.2, -0.15) is 0 Å². The van der Waals surface area contributed by atoms with Crippen LogP contribution >= 0.6 is 0 Å². The van der Waals surface area contributed by atoms with E-state index in [1.165, 1.54) is 6.20 Å². The van der Waals surface area contributed by atoms with Gasteiger partial charge in [0, 0.05) is 6.20 Å². The summed E-state index contributed by atoms with van der Waals surface area (Å²) in [4.78, 5) is 15.4. The second kappa shape index (κ2) is 3.79. The maximum atomic E-state index is 11.6. The van der Waals surface area contributed by atoms with Crippen molar-refractivity contribution in [1.82, 2.24) is 4.98 Å². The number of anilines is 1. The summed E-state index contributed by atoms with van der Waals surface area (Å²) in [6.07, 6.45) is 1.52. The molecule has 1 aromatic heterocycles. The minimum Gasteiger partial charge on any atom is -0.515 e. The topological polar surface area (TPSA) is 65.2 Å². The first-order valence-electron chi connectivity index (χ1n) is 4.34. The number of aromatic nitrogens is 1. The third-order valence-corrected chi connectivity index (χ3v) is 2.23. The molecule has 0 unspecified atom stereocenters. The summed E-state index contributed by atoms with van der Waals surface area (Å²) in [5, 5.41) is 0. The molecule has 0 fully saturated rings. The third-order valence-electron chi connectivity index (χ3n) is 1.43. The number of nitrogens with two attached hydrogens (primary N) is 1. The van der Waals surface area contributed by atoms with Crippen LogP contribution in [0.5, 0.6) is 0 Å². The lowest BCUT2D eigenvalue weighted by molar-refractivity contribution is 0.0719. The maximum absolute atomic E-state index is 11.6. The minimum atomic E-state index is -1.87. The quantitative estimate of drug-likeness (QED) is 0.754. The molecular weight excluding hydrogens is 196 g/mol. The Labute approximate surface area is 84.2 Å². The van der Waals surface area contributed by atoms with Crippen LogP contribution in [0.3, 0.4) is 0 Å². The lowest BCUT2D eigenvalue weighted by Crippen LogP contribution is -2.29. The molecular formula is C9H14N2O2Si. The van der Waals surface area contributed by atoms with Crippen molar-refractivity contribution in [3.8, 4) is 0 Å². The molecule has 0 saturated heterocycles. The standard InChI is InChI=1S/C9H14N2O2Si/c1-14(2,3)13-9(12)8-7(10)5-4-6-11-8/h4-6H,10H2,1-3H3. The zero-order valence-electron chi connectivity index (χ0n) is 8.57. The molecule has 0 amide bonds. The Morgan fingerprint density at radius 1 is 1.50 bits per heavy atom. The molecule has 4 nitrogen and oxygen atoms in total. The first-order valence-corrected chi connectivity index (χ1v) is 7.75. The van der Waals surface area contributed by atoms with Gasteiger partial charge in [-0.05, 0) is 31.8 Å². The van der Waals surface area contributed by atoms with E-state index in [0.29, 0.717) is 5.69 Å². The summed E-state index contributed by atoms with van der Waals surface area (Å²) in [6, 6.07) is 3.31. The molecule has 0 aromatic carbocycles. The highest BCUT2D eigenvalue weighted by molar-refractivity contribution is 6.71. The van der Waals surface area contributed by atoms with Gasteiger partial charge in [-0.3, -0.25) is 0 Å². The van der Waals surface area contributed by atoms with Crippen molar-refractivity contribution in [2.75, 3.05) is 5.73 Å². The fourth-order valence-corrected chi connectivity index (χ4v) is 1.57. The summed E-state index contributed by atoms with van der Waals surface area (Å²) < 4.78 is 5.26. The molecule has 0 saturated carbocycles. The van der Waals surface area contributed by atoms with Crippen LogP contribution in [0.1, 0.15) is 10.5 Å². The zero-order valence-corrected chi connectivity index (χ0v) is 9.57. The number of pyridine rings is 1. The van der Waals surface area contributed by atoms with E-state index in [0.717, 1.165) is 0 Å². The average molecular weight is 210 g/mol. The SMILES string of the molecule is C[Si](C)(C)OC(=O)c1ncccc1N. The van der Waals surface area contributed by atoms with E-state index in [-0.39, 0.29) is 5.69 Å². The molecule has 0 aliphatic heterocycles. The van der Waals surface area contributed by atoms with E-state index in [9.17, 15) is 4.79 Å². The smallest absolute Gasteiger partial charge is 0.345 e. The predicted octanol–water partition coefficient (Wildman–Crippen LogP) is 1.66. The van der Waals surface area contributed by atoms with Crippen molar-refractivity contribution >= 4 is 20.0 Å². The number of carbonyl (C=O) groups is 1. The highest BCUT2D eigenvalue weighted by Crippen LogP contribution is 2.12. The molecule has 14 heavy (non-hydrogen) atoms. The van der Waals surface area contributed by atoms with Gasteiger partial charge in [0.25, 0.3) is 0 Å². The van der Waals surface area contributed by atoms with E-state index in [2.05, 4.69) is 4.98 Å². The highest BCUT2D eigenvalue weighted by Gasteiger charge is 2.22. The van der Waals surface area contributed by atoms with Crippen LogP contribution in [0, 0.1) is 0 Å². The number of carbonyl (C=O) groups excluding carboxylic acids is 1. The average Bonchev–Trinajstić information content (AvgIpc) is 2.01. The molecule has 0 spiro atoms. The monoisotopic (exact) mass is 210 g/mol. The van der Waals surface area contributed by atoms with E-state index in [4.69, 9.17) is 10.2 Å². The van der Waals surface area contributed by atoms with Gasteiger partial charge in [0.15, 0.2) is 5.69 Å². The van der Waals surface area contributed by atoms with Crippen LogP contribution in [0.4, 0.5) is 5.69 Å². The van der Waals surface area contributed by atoms with Gasteiger partial charge in [0.1, 0.15) is 0 Å². The Kier molecular flexibility index (Phi) is 2.90. The lowest BCUT2D eigenvalue weighted by Gasteiger charge is -2.17. The fourth-order valence-electron chi connectivity index (χ4n) is 0.915. The van der Waals surface area contributed by atoms with Crippen LogP contribution in [-0.2, 0) is 4.43 Å². The molecule has 0 bridgehead atoms. The largest absolute Gasteiger partial charge is 0.515 e. The second-order valence-electron chi connectivity index (χ2n) is 3.94. The minimum absolute atomic E-state index is 0.204. The Balaban J connectivity index is 2.86. The lowest BCUT2D eigenvalue weighted by atomic mass is 10.3. The van der Waals surface area contributed by atoms with E-state index in [1.807, 2.05) is 19.6 Å².